The Hall–Kier alpha value is -2.16. The lowest BCUT2D eigenvalue weighted by Crippen LogP contribution is -2.18. The van der Waals surface area contributed by atoms with Crippen molar-refractivity contribution in [2.24, 2.45) is 0 Å². The van der Waals surface area contributed by atoms with Gasteiger partial charge in [-0.2, -0.15) is 0 Å². The van der Waals surface area contributed by atoms with Crippen LogP contribution >= 0.6 is 0 Å². The number of nitrogens with one attached hydrogen (secondary N) is 1. The number of aromatic nitrogens is 1. The summed E-state index contributed by atoms with van der Waals surface area (Å²) in [5, 5.41) is 2.78. The highest BCUT2D eigenvalue weighted by Crippen LogP contribution is 2.18. The summed E-state index contributed by atoms with van der Waals surface area (Å²) in [6, 6.07) is 12.2. The van der Waals surface area contributed by atoms with Crippen LogP contribution < -0.4 is 5.32 Å². The normalized spacial score (nSPS) is 10.1. The highest BCUT2D eigenvalue weighted by Gasteiger charge is 1.99. The quantitative estimate of drug-likeness (QED) is 0.896. The third kappa shape index (κ3) is 3.17. The summed E-state index contributed by atoms with van der Waals surface area (Å²) in [4.78, 5) is 15.1. The largest absolute Gasteiger partial charge is 0.352 e. The molecule has 1 aromatic heterocycles. The van der Waals surface area contributed by atoms with Crippen LogP contribution in [-0.2, 0) is 11.3 Å². The molecule has 0 aliphatic carbocycles. The minimum Gasteiger partial charge on any atom is -0.352 e. The molecule has 0 spiro atoms. The minimum absolute atomic E-state index is 0.0122. The summed E-state index contributed by atoms with van der Waals surface area (Å²) in [6.07, 6.45) is 1.87. The maximum absolute atomic E-state index is 10.8. The zero-order valence-electron chi connectivity index (χ0n) is 10.6. The zero-order valence-corrected chi connectivity index (χ0v) is 10.6. The van der Waals surface area contributed by atoms with Crippen LogP contribution in [0.1, 0.15) is 18.2 Å². The van der Waals surface area contributed by atoms with E-state index in [-0.39, 0.29) is 5.91 Å². The fraction of sp³-hybridized carbons (Fsp3) is 0.200. The van der Waals surface area contributed by atoms with E-state index in [2.05, 4.69) is 16.4 Å². The number of benzene rings is 1. The molecule has 0 atom stereocenters. The molecule has 0 unspecified atom stereocenters. The van der Waals surface area contributed by atoms with Crippen molar-refractivity contribution in [2.45, 2.75) is 20.4 Å². The van der Waals surface area contributed by atoms with Crippen LogP contribution in [0.15, 0.2) is 42.6 Å². The monoisotopic (exact) mass is 240 g/mol. The molecule has 0 aliphatic rings. The SMILES string of the molecule is CC(=O)NCc1ccc(-c2ccc(C)nc2)cc1. The number of amides is 1. The predicted molar refractivity (Wildman–Crippen MR) is 71.9 cm³/mol. The second kappa shape index (κ2) is 5.45. The first-order chi connectivity index (χ1) is 8.65. The molecule has 0 saturated carbocycles. The summed E-state index contributed by atoms with van der Waals surface area (Å²) < 4.78 is 0. The molecule has 3 heteroatoms. The van der Waals surface area contributed by atoms with Crippen molar-refractivity contribution in [3.63, 3.8) is 0 Å². The lowest BCUT2D eigenvalue weighted by Gasteiger charge is -2.05. The van der Waals surface area contributed by atoms with Crippen LogP contribution in [0.2, 0.25) is 0 Å². The Bertz CT molecular complexity index is 529. The van der Waals surface area contributed by atoms with Gasteiger partial charge in [0, 0.05) is 30.9 Å². The Labute approximate surface area is 107 Å². The summed E-state index contributed by atoms with van der Waals surface area (Å²) in [7, 11) is 0. The molecule has 0 saturated heterocycles. The van der Waals surface area contributed by atoms with E-state index in [1.54, 1.807) is 0 Å². The van der Waals surface area contributed by atoms with Gasteiger partial charge >= 0.3 is 0 Å². The van der Waals surface area contributed by atoms with Crippen LogP contribution in [-0.4, -0.2) is 10.9 Å². The van der Waals surface area contributed by atoms with Crippen molar-refractivity contribution >= 4 is 5.91 Å². The van der Waals surface area contributed by atoms with Gasteiger partial charge in [0.15, 0.2) is 0 Å². The lowest BCUT2D eigenvalue weighted by atomic mass is 10.1. The third-order valence-corrected chi connectivity index (χ3v) is 2.74. The molecule has 0 aliphatic heterocycles. The van der Waals surface area contributed by atoms with E-state index in [1.807, 2.05) is 43.5 Å². The van der Waals surface area contributed by atoms with Crippen LogP contribution in [0, 0.1) is 6.92 Å². The molecular weight excluding hydrogens is 224 g/mol. The van der Waals surface area contributed by atoms with Gasteiger partial charge in [-0.25, -0.2) is 0 Å². The number of pyridine rings is 1. The molecule has 0 fully saturated rings. The fourth-order valence-corrected chi connectivity index (χ4v) is 1.68. The van der Waals surface area contributed by atoms with Gasteiger partial charge in [-0.1, -0.05) is 30.3 Å². The van der Waals surface area contributed by atoms with Crippen LogP contribution in [0.3, 0.4) is 0 Å². The number of hydrogen-bond donors (Lipinski definition) is 1. The molecule has 3 nitrogen and oxygen atoms in total. The average molecular weight is 240 g/mol. The Morgan fingerprint density at radius 3 is 2.33 bits per heavy atom. The minimum atomic E-state index is -0.0122. The van der Waals surface area contributed by atoms with E-state index >= 15 is 0 Å². The van der Waals surface area contributed by atoms with Gasteiger partial charge in [-0.05, 0) is 24.1 Å². The van der Waals surface area contributed by atoms with Crippen molar-refractivity contribution in [1.82, 2.24) is 10.3 Å². The number of rotatable bonds is 3. The van der Waals surface area contributed by atoms with Gasteiger partial charge < -0.3 is 5.32 Å². The standard InChI is InChI=1S/C15H16N2O/c1-11-3-6-15(10-16-11)14-7-4-13(5-8-14)9-17-12(2)18/h3-8,10H,9H2,1-2H3,(H,17,18). The van der Waals surface area contributed by atoms with Crippen LogP contribution in [0.25, 0.3) is 11.1 Å². The van der Waals surface area contributed by atoms with Crippen molar-refractivity contribution in [2.75, 3.05) is 0 Å². The van der Waals surface area contributed by atoms with Crippen LogP contribution in [0.5, 0.6) is 0 Å². The summed E-state index contributed by atoms with van der Waals surface area (Å²) >= 11 is 0. The number of carbonyl (C=O) groups is 1. The maximum atomic E-state index is 10.8. The topological polar surface area (TPSA) is 42.0 Å². The Morgan fingerprint density at radius 2 is 1.78 bits per heavy atom. The smallest absolute Gasteiger partial charge is 0.217 e. The molecule has 92 valence electrons. The second-order valence-corrected chi connectivity index (χ2v) is 4.29. The van der Waals surface area contributed by atoms with E-state index in [9.17, 15) is 4.79 Å². The first-order valence-corrected chi connectivity index (χ1v) is 5.91. The molecule has 1 heterocycles. The zero-order chi connectivity index (χ0) is 13.0. The van der Waals surface area contributed by atoms with Gasteiger partial charge in [0.25, 0.3) is 0 Å². The lowest BCUT2D eigenvalue weighted by molar-refractivity contribution is -0.119. The first-order valence-electron chi connectivity index (χ1n) is 5.91. The van der Waals surface area contributed by atoms with Gasteiger partial charge in [0.05, 0.1) is 0 Å². The Balaban J connectivity index is 2.12. The van der Waals surface area contributed by atoms with Gasteiger partial charge in [0.2, 0.25) is 5.91 Å². The molecule has 2 aromatic rings. The number of aryl methyl sites for hydroxylation is 1. The molecule has 1 aromatic carbocycles. The van der Waals surface area contributed by atoms with Gasteiger partial charge in [0.1, 0.15) is 0 Å². The summed E-state index contributed by atoms with van der Waals surface area (Å²) in [5.74, 6) is -0.0122. The predicted octanol–water partition coefficient (Wildman–Crippen LogP) is 2.69. The highest BCUT2D eigenvalue weighted by molar-refractivity contribution is 5.72. The van der Waals surface area contributed by atoms with Gasteiger partial charge in [-0.3, -0.25) is 9.78 Å². The molecule has 1 amide bonds. The molecule has 18 heavy (non-hydrogen) atoms. The molecule has 0 bridgehead atoms. The maximum Gasteiger partial charge on any atom is 0.217 e. The van der Waals surface area contributed by atoms with Crippen LogP contribution in [0.4, 0.5) is 0 Å². The number of nitrogens with zero attached hydrogens (tertiary/aromatic N) is 1. The van der Waals surface area contributed by atoms with Crippen molar-refractivity contribution in [3.05, 3.63) is 53.9 Å². The first kappa shape index (κ1) is 12.3. The highest BCUT2D eigenvalue weighted by atomic mass is 16.1. The molecule has 0 radical (unpaired) electrons. The van der Waals surface area contributed by atoms with Crippen molar-refractivity contribution in [3.8, 4) is 11.1 Å². The van der Waals surface area contributed by atoms with Gasteiger partial charge in [-0.15, -0.1) is 0 Å². The molecular formula is C15H16N2O. The van der Waals surface area contributed by atoms with E-state index in [0.29, 0.717) is 6.54 Å². The Morgan fingerprint density at radius 1 is 1.11 bits per heavy atom. The third-order valence-electron chi connectivity index (χ3n) is 2.74. The summed E-state index contributed by atoms with van der Waals surface area (Å²) in [6.45, 7) is 4.06. The number of carbonyl (C=O) groups excluding carboxylic acids is 1. The van der Waals surface area contributed by atoms with Crippen molar-refractivity contribution in [1.29, 1.82) is 0 Å². The number of hydrogen-bond acceptors (Lipinski definition) is 2. The van der Waals surface area contributed by atoms with Crippen molar-refractivity contribution < 1.29 is 4.79 Å². The summed E-state index contributed by atoms with van der Waals surface area (Å²) in [5.41, 5.74) is 4.34. The van der Waals surface area contributed by atoms with E-state index in [4.69, 9.17) is 0 Å². The molecule has 2 rings (SSSR count). The average Bonchev–Trinajstić information content (AvgIpc) is 2.38. The molecule has 1 N–H and O–H groups in total. The van der Waals surface area contributed by atoms with E-state index in [0.717, 1.165) is 22.4 Å². The fourth-order valence-electron chi connectivity index (χ4n) is 1.68. The Kier molecular flexibility index (Phi) is 3.72. The second-order valence-electron chi connectivity index (χ2n) is 4.29. The van der Waals surface area contributed by atoms with E-state index < -0.39 is 0 Å². The van der Waals surface area contributed by atoms with E-state index in [1.165, 1.54) is 6.92 Å².